The van der Waals surface area contributed by atoms with Crippen molar-refractivity contribution in [3.05, 3.63) is 65.5 Å². The molecular formula is C17H18FN3O3S. The molecule has 0 saturated carbocycles. The molecule has 2 rings (SSSR count). The highest BCUT2D eigenvalue weighted by Crippen LogP contribution is 2.18. The zero-order chi connectivity index (χ0) is 18.4. The fourth-order valence-electron chi connectivity index (χ4n) is 2.10. The number of nitrogens with zero attached hydrogens (tertiary/aromatic N) is 2. The minimum Gasteiger partial charge on any atom is -0.271 e. The Balaban J connectivity index is 2.09. The monoisotopic (exact) mass is 363 g/mol. The summed E-state index contributed by atoms with van der Waals surface area (Å²) in [6, 6.07) is 12.7. The standard InChI is InChI=1S/C17H18FN3O3S/c1-13-6-5-8-15(10-13)21(25(2,23)24)12-17(22)20-19-11-14-7-3-4-9-16(14)18/h3-11H,12H2,1-2H3,(H,20,22)/b19-11+. The van der Waals surface area contributed by atoms with Crippen molar-refractivity contribution in [2.24, 2.45) is 5.10 Å². The van der Waals surface area contributed by atoms with Gasteiger partial charge < -0.3 is 0 Å². The molecule has 6 nitrogen and oxygen atoms in total. The lowest BCUT2D eigenvalue weighted by Gasteiger charge is -2.21. The van der Waals surface area contributed by atoms with Gasteiger partial charge in [0.25, 0.3) is 5.91 Å². The van der Waals surface area contributed by atoms with Crippen molar-refractivity contribution in [3.8, 4) is 0 Å². The number of halogens is 1. The van der Waals surface area contributed by atoms with Gasteiger partial charge in [-0.15, -0.1) is 0 Å². The van der Waals surface area contributed by atoms with E-state index in [9.17, 15) is 17.6 Å². The molecule has 25 heavy (non-hydrogen) atoms. The number of rotatable bonds is 6. The number of nitrogens with one attached hydrogen (secondary N) is 1. The van der Waals surface area contributed by atoms with E-state index in [-0.39, 0.29) is 5.56 Å². The molecule has 0 spiro atoms. The molecule has 0 unspecified atom stereocenters. The van der Waals surface area contributed by atoms with Crippen LogP contribution >= 0.6 is 0 Å². The molecule has 0 fully saturated rings. The molecule has 0 aliphatic carbocycles. The molecule has 0 radical (unpaired) electrons. The van der Waals surface area contributed by atoms with Gasteiger partial charge in [0, 0.05) is 5.56 Å². The second-order valence-electron chi connectivity index (χ2n) is 5.42. The van der Waals surface area contributed by atoms with E-state index in [1.165, 1.54) is 18.2 Å². The summed E-state index contributed by atoms with van der Waals surface area (Å²) in [6.45, 7) is 1.39. The Morgan fingerprint density at radius 3 is 2.60 bits per heavy atom. The highest BCUT2D eigenvalue weighted by atomic mass is 32.2. The van der Waals surface area contributed by atoms with Crippen molar-refractivity contribution >= 4 is 27.8 Å². The van der Waals surface area contributed by atoms with E-state index in [0.717, 1.165) is 22.3 Å². The minimum atomic E-state index is -3.65. The average molecular weight is 363 g/mol. The van der Waals surface area contributed by atoms with Crippen LogP contribution in [0.15, 0.2) is 53.6 Å². The van der Waals surface area contributed by atoms with Crippen molar-refractivity contribution in [3.63, 3.8) is 0 Å². The van der Waals surface area contributed by atoms with Gasteiger partial charge in [-0.2, -0.15) is 5.10 Å². The van der Waals surface area contributed by atoms with Crippen LogP contribution in [-0.2, 0) is 14.8 Å². The predicted molar refractivity (Wildman–Crippen MR) is 95.5 cm³/mol. The third-order valence-corrected chi connectivity index (χ3v) is 4.42. The molecule has 2 aromatic carbocycles. The number of amides is 1. The number of sulfonamides is 1. The van der Waals surface area contributed by atoms with Gasteiger partial charge >= 0.3 is 0 Å². The Hall–Kier alpha value is -2.74. The van der Waals surface area contributed by atoms with Crippen LogP contribution in [0.25, 0.3) is 0 Å². The van der Waals surface area contributed by atoms with Crippen molar-refractivity contribution in [2.75, 3.05) is 17.1 Å². The molecule has 1 amide bonds. The summed E-state index contributed by atoms with van der Waals surface area (Å²) in [7, 11) is -3.65. The molecule has 2 aromatic rings. The maximum Gasteiger partial charge on any atom is 0.260 e. The first-order valence-corrected chi connectivity index (χ1v) is 9.23. The van der Waals surface area contributed by atoms with Gasteiger partial charge in [0.05, 0.1) is 18.2 Å². The van der Waals surface area contributed by atoms with Crippen LogP contribution in [0.4, 0.5) is 10.1 Å². The van der Waals surface area contributed by atoms with Crippen LogP contribution in [0.1, 0.15) is 11.1 Å². The topological polar surface area (TPSA) is 78.8 Å². The Kier molecular flexibility index (Phi) is 5.87. The fourth-order valence-corrected chi connectivity index (χ4v) is 2.95. The number of hydrogen-bond donors (Lipinski definition) is 1. The maximum atomic E-state index is 13.4. The molecule has 0 atom stereocenters. The highest BCUT2D eigenvalue weighted by molar-refractivity contribution is 7.92. The number of anilines is 1. The third kappa shape index (κ3) is 5.39. The van der Waals surface area contributed by atoms with Crippen LogP contribution < -0.4 is 9.73 Å². The second kappa shape index (κ2) is 7.89. The summed E-state index contributed by atoms with van der Waals surface area (Å²) in [5.41, 5.74) is 3.66. The van der Waals surface area contributed by atoms with Gasteiger partial charge in [-0.05, 0) is 30.7 Å². The maximum absolute atomic E-state index is 13.4. The number of hydrogen-bond acceptors (Lipinski definition) is 4. The van der Waals surface area contributed by atoms with Crippen molar-refractivity contribution in [1.29, 1.82) is 0 Å². The molecule has 0 aliphatic heterocycles. The first kappa shape index (κ1) is 18.6. The molecular weight excluding hydrogens is 345 g/mol. The second-order valence-corrected chi connectivity index (χ2v) is 7.33. The molecule has 0 bridgehead atoms. The van der Waals surface area contributed by atoms with Gasteiger partial charge in [-0.25, -0.2) is 18.2 Å². The van der Waals surface area contributed by atoms with Gasteiger partial charge in [0.1, 0.15) is 12.4 Å². The molecule has 132 valence electrons. The Bertz CT molecular complexity index is 898. The van der Waals surface area contributed by atoms with E-state index < -0.39 is 28.3 Å². The first-order valence-electron chi connectivity index (χ1n) is 7.38. The fraction of sp³-hybridized carbons (Fsp3) is 0.176. The van der Waals surface area contributed by atoms with Gasteiger partial charge in [-0.1, -0.05) is 30.3 Å². The smallest absolute Gasteiger partial charge is 0.260 e. The lowest BCUT2D eigenvalue weighted by molar-refractivity contribution is -0.119. The van der Waals surface area contributed by atoms with E-state index in [1.807, 2.05) is 13.0 Å². The summed E-state index contributed by atoms with van der Waals surface area (Å²) >= 11 is 0. The number of aryl methyl sites for hydroxylation is 1. The molecule has 8 heteroatoms. The summed E-state index contributed by atoms with van der Waals surface area (Å²) in [4.78, 5) is 12.0. The molecule has 0 saturated heterocycles. The lowest BCUT2D eigenvalue weighted by atomic mass is 10.2. The summed E-state index contributed by atoms with van der Waals surface area (Å²) in [5, 5.41) is 3.66. The average Bonchev–Trinajstić information content (AvgIpc) is 2.53. The van der Waals surface area contributed by atoms with Gasteiger partial charge in [-0.3, -0.25) is 9.10 Å². The summed E-state index contributed by atoms with van der Waals surface area (Å²) < 4.78 is 38.4. The van der Waals surface area contributed by atoms with E-state index in [4.69, 9.17) is 0 Å². The molecule has 0 aliphatic rings. The lowest BCUT2D eigenvalue weighted by Crippen LogP contribution is -2.39. The highest BCUT2D eigenvalue weighted by Gasteiger charge is 2.20. The quantitative estimate of drug-likeness (QED) is 0.630. The Labute approximate surface area is 146 Å². The zero-order valence-corrected chi connectivity index (χ0v) is 14.6. The van der Waals surface area contributed by atoms with E-state index in [2.05, 4.69) is 10.5 Å². The van der Waals surface area contributed by atoms with E-state index >= 15 is 0 Å². The van der Waals surface area contributed by atoms with Gasteiger partial charge in [0.2, 0.25) is 10.0 Å². The Morgan fingerprint density at radius 2 is 1.96 bits per heavy atom. The normalized spacial score (nSPS) is 11.5. The summed E-state index contributed by atoms with van der Waals surface area (Å²) in [6.07, 6.45) is 2.18. The Morgan fingerprint density at radius 1 is 1.24 bits per heavy atom. The molecule has 0 heterocycles. The SMILES string of the molecule is Cc1cccc(N(CC(=O)N/N=C/c2ccccc2F)S(C)(=O)=O)c1. The number of benzene rings is 2. The van der Waals surface area contributed by atoms with Crippen molar-refractivity contribution in [2.45, 2.75) is 6.92 Å². The third-order valence-electron chi connectivity index (χ3n) is 3.28. The van der Waals surface area contributed by atoms with Crippen molar-refractivity contribution in [1.82, 2.24) is 5.43 Å². The largest absolute Gasteiger partial charge is 0.271 e. The summed E-state index contributed by atoms with van der Waals surface area (Å²) in [5.74, 6) is -1.11. The zero-order valence-electron chi connectivity index (χ0n) is 13.8. The first-order chi connectivity index (χ1) is 11.8. The van der Waals surface area contributed by atoms with Crippen LogP contribution in [-0.4, -0.2) is 33.3 Å². The van der Waals surface area contributed by atoms with Crippen LogP contribution in [0.5, 0.6) is 0 Å². The van der Waals surface area contributed by atoms with Gasteiger partial charge in [0.15, 0.2) is 0 Å². The predicted octanol–water partition coefficient (Wildman–Crippen LogP) is 2.05. The van der Waals surface area contributed by atoms with Crippen LogP contribution in [0.2, 0.25) is 0 Å². The number of hydrazone groups is 1. The van der Waals surface area contributed by atoms with E-state index in [0.29, 0.717) is 5.69 Å². The minimum absolute atomic E-state index is 0.210. The number of carbonyl (C=O) groups excluding carboxylic acids is 1. The van der Waals surface area contributed by atoms with Crippen LogP contribution in [0.3, 0.4) is 0 Å². The molecule has 1 N–H and O–H groups in total. The molecule has 0 aromatic heterocycles. The van der Waals surface area contributed by atoms with E-state index in [1.54, 1.807) is 24.3 Å². The van der Waals surface area contributed by atoms with Crippen molar-refractivity contribution < 1.29 is 17.6 Å². The number of carbonyl (C=O) groups is 1. The van der Waals surface area contributed by atoms with Crippen LogP contribution in [0, 0.1) is 12.7 Å².